The lowest BCUT2D eigenvalue weighted by Gasteiger charge is -2.02. The molecule has 1 rings (SSSR count). The fourth-order valence-corrected chi connectivity index (χ4v) is 1.42. The van der Waals surface area contributed by atoms with Crippen LogP contribution >= 0.6 is 0 Å². The number of aromatic nitrogens is 1. The Hall–Kier alpha value is -1.90. The van der Waals surface area contributed by atoms with Crippen molar-refractivity contribution in [2.75, 3.05) is 0 Å². The Bertz CT molecular complexity index is 422. The maximum atomic E-state index is 11.0. The van der Waals surface area contributed by atoms with Crippen molar-refractivity contribution in [1.82, 2.24) is 4.98 Å². The van der Waals surface area contributed by atoms with Gasteiger partial charge in [-0.3, -0.25) is 4.98 Å². The standard InChI is InChI=1S/C13H15NO2/c1-3-6-11(13(15)16)9-10-7-5-8-14-12(10)4-2/h4-5,7-9H,2-3,6H2,1H3,(H,15,16). The van der Waals surface area contributed by atoms with Crippen LogP contribution in [0.1, 0.15) is 31.0 Å². The lowest BCUT2D eigenvalue weighted by molar-refractivity contribution is -0.132. The predicted molar refractivity (Wildman–Crippen MR) is 64.8 cm³/mol. The van der Waals surface area contributed by atoms with Crippen LogP contribution in [-0.4, -0.2) is 16.1 Å². The van der Waals surface area contributed by atoms with Gasteiger partial charge in [0, 0.05) is 17.3 Å². The smallest absolute Gasteiger partial charge is 0.331 e. The van der Waals surface area contributed by atoms with Crippen LogP contribution in [0.5, 0.6) is 0 Å². The van der Waals surface area contributed by atoms with Gasteiger partial charge in [0.25, 0.3) is 0 Å². The molecule has 0 aliphatic heterocycles. The second-order valence-corrected chi connectivity index (χ2v) is 3.41. The van der Waals surface area contributed by atoms with E-state index in [4.69, 9.17) is 5.11 Å². The van der Waals surface area contributed by atoms with E-state index in [0.717, 1.165) is 12.0 Å². The van der Waals surface area contributed by atoms with Gasteiger partial charge >= 0.3 is 5.97 Å². The zero-order chi connectivity index (χ0) is 12.0. The summed E-state index contributed by atoms with van der Waals surface area (Å²) < 4.78 is 0. The quantitative estimate of drug-likeness (QED) is 0.771. The van der Waals surface area contributed by atoms with Crippen molar-refractivity contribution < 1.29 is 9.90 Å². The van der Waals surface area contributed by atoms with Gasteiger partial charge in [-0.25, -0.2) is 4.79 Å². The first-order chi connectivity index (χ1) is 7.69. The van der Waals surface area contributed by atoms with Gasteiger partial charge in [0.15, 0.2) is 0 Å². The maximum absolute atomic E-state index is 11.0. The van der Waals surface area contributed by atoms with E-state index in [-0.39, 0.29) is 0 Å². The SMILES string of the molecule is C=Cc1ncccc1C=C(CCC)C(=O)O. The van der Waals surface area contributed by atoms with E-state index in [9.17, 15) is 4.79 Å². The summed E-state index contributed by atoms with van der Waals surface area (Å²) >= 11 is 0. The van der Waals surface area contributed by atoms with E-state index in [0.29, 0.717) is 17.7 Å². The normalized spacial score (nSPS) is 11.2. The number of hydrogen-bond donors (Lipinski definition) is 1. The first kappa shape index (κ1) is 12.2. The number of pyridine rings is 1. The average molecular weight is 217 g/mol. The van der Waals surface area contributed by atoms with Crippen molar-refractivity contribution in [1.29, 1.82) is 0 Å². The maximum Gasteiger partial charge on any atom is 0.331 e. The van der Waals surface area contributed by atoms with Crippen LogP contribution in [0, 0.1) is 0 Å². The molecule has 0 fully saturated rings. The summed E-state index contributed by atoms with van der Waals surface area (Å²) in [4.78, 5) is 15.1. The topological polar surface area (TPSA) is 50.2 Å². The zero-order valence-corrected chi connectivity index (χ0v) is 9.31. The molecule has 0 bridgehead atoms. The van der Waals surface area contributed by atoms with Crippen LogP contribution in [0.15, 0.2) is 30.5 Å². The highest BCUT2D eigenvalue weighted by Gasteiger charge is 2.07. The van der Waals surface area contributed by atoms with E-state index in [1.54, 1.807) is 24.4 Å². The monoisotopic (exact) mass is 217 g/mol. The van der Waals surface area contributed by atoms with Crippen LogP contribution < -0.4 is 0 Å². The first-order valence-corrected chi connectivity index (χ1v) is 5.20. The molecule has 0 atom stereocenters. The third-order valence-corrected chi connectivity index (χ3v) is 2.19. The van der Waals surface area contributed by atoms with Gasteiger partial charge in [0.2, 0.25) is 0 Å². The molecular weight excluding hydrogens is 202 g/mol. The van der Waals surface area contributed by atoms with Crippen LogP contribution in [-0.2, 0) is 4.79 Å². The molecule has 0 aliphatic rings. The Morgan fingerprint density at radius 3 is 2.94 bits per heavy atom. The minimum atomic E-state index is -0.874. The molecule has 1 aromatic rings. The van der Waals surface area contributed by atoms with Gasteiger partial charge in [-0.1, -0.05) is 26.0 Å². The Morgan fingerprint density at radius 1 is 1.62 bits per heavy atom. The molecule has 84 valence electrons. The van der Waals surface area contributed by atoms with E-state index >= 15 is 0 Å². The van der Waals surface area contributed by atoms with Crippen molar-refractivity contribution in [3.63, 3.8) is 0 Å². The molecule has 1 aromatic heterocycles. The average Bonchev–Trinajstić information content (AvgIpc) is 2.29. The van der Waals surface area contributed by atoms with Crippen molar-refractivity contribution in [3.8, 4) is 0 Å². The fraction of sp³-hybridized carbons (Fsp3) is 0.231. The number of hydrogen-bond acceptors (Lipinski definition) is 2. The highest BCUT2D eigenvalue weighted by molar-refractivity contribution is 5.92. The van der Waals surface area contributed by atoms with E-state index in [2.05, 4.69) is 11.6 Å². The van der Waals surface area contributed by atoms with Gasteiger partial charge < -0.3 is 5.11 Å². The number of carboxylic acids is 1. The van der Waals surface area contributed by atoms with Gasteiger partial charge in [-0.15, -0.1) is 0 Å². The molecule has 1 heterocycles. The molecule has 3 heteroatoms. The summed E-state index contributed by atoms with van der Waals surface area (Å²) in [6.07, 6.45) is 6.31. The minimum absolute atomic E-state index is 0.401. The molecule has 16 heavy (non-hydrogen) atoms. The molecule has 0 saturated heterocycles. The van der Waals surface area contributed by atoms with Crippen molar-refractivity contribution in [2.24, 2.45) is 0 Å². The van der Waals surface area contributed by atoms with Gasteiger partial charge in [0.1, 0.15) is 0 Å². The molecule has 3 nitrogen and oxygen atoms in total. The number of aliphatic carboxylic acids is 1. The molecule has 0 saturated carbocycles. The molecule has 0 spiro atoms. The third-order valence-electron chi connectivity index (χ3n) is 2.19. The number of rotatable bonds is 5. The molecule has 1 N–H and O–H groups in total. The van der Waals surface area contributed by atoms with Crippen LogP contribution in [0.2, 0.25) is 0 Å². The summed E-state index contributed by atoms with van der Waals surface area (Å²) in [7, 11) is 0. The fourth-order valence-electron chi connectivity index (χ4n) is 1.42. The lowest BCUT2D eigenvalue weighted by atomic mass is 10.1. The number of carbonyl (C=O) groups is 1. The van der Waals surface area contributed by atoms with Crippen LogP contribution in [0.4, 0.5) is 0 Å². The molecule has 0 unspecified atom stereocenters. The Kier molecular flexibility index (Phi) is 4.45. The number of nitrogens with zero attached hydrogens (tertiary/aromatic N) is 1. The largest absolute Gasteiger partial charge is 0.478 e. The van der Waals surface area contributed by atoms with Gasteiger partial charge in [0.05, 0.1) is 5.69 Å². The van der Waals surface area contributed by atoms with Crippen molar-refractivity contribution >= 4 is 18.1 Å². The predicted octanol–water partition coefficient (Wildman–Crippen LogP) is 2.99. The van der Waals surface area contributed by atoms with Crippen LogP contribution in [0.3, 0.4) is 0 Å². The first-order valence-electron chi connectivity index (χ1n) is 5.20. The second kappa shape index (κ2) is 5.85. The van der Waals surface area contributed by atoms with Crippen LogP contribution in [0.25, 0.3) is 12.2 Å². The summed E-state index contributed by atoms with van der Waals surface area (Å²) in [6.45, 7) is 5.60. The molecular formula is C13H15NO2. The molecule has 0 aromatic carbocycles. The van der Waals surface area contributed by atoms with Gasteiger partial charge in [-0.2, -0.15) is 0 Å². The van der Waals surface area contributed by atoms with Gasteiger partial charge in [-0.05, 0) is 24.6 Å². The summed E-state index contributed by atoms with van der Waals surface area (Å²) in [5.41, 5.74) is 1.90. The summed E-state index contributed by atoms with van der Waals surface area (Å²) in [6, 6.07) is 3.62. The Morgan fingerprint density at radius 2 is 2.38 bits per heavy atom. The molecule has 0 aliphatic carbocycles. The van der Waals surface area contributed by atoms with E-state index in [1.807, 2.05) is 13.0 Å². The second-order valence-electron chi connectivity index (χ2n) is 3.41. The Balaban J connectivity index is 3.11. The highest BCUT2D eigenvalue weighted by Crippen LogP contribution is 2.15. The zero-order valence-electron chi connectivity index (χ0n) is 9.31. The van der Waals surface area contributed by atoms with Crippen molar-refractivity contribution in [3.05, 3.63) is 41.7 Å². The summed E-state index contributed by atoms with van der Waals surface area (Å²) in [5.74, 6) is -0.874. The highest BCUT2D eigenvalue weighted by atomic mass is 16.4. The Labute approximate surface area is 95.1 Å². The molecule has 0 radical (unpaired) electrons. The minimum Gasteiger partial charge on any atom is -0.478 e. The third kappa shape index (κ3) is 3.05. The van der Waals surface area contributed by atoms with E-state index < -0.39 is 5.97 Å². The number of carboxylic acid groups (broad SMARTS) is 1. The van der Waals surface area contributed by atoms with Crippen molar-refractivity contribution in [2.45, 2.75) is 19.8 Å². The lowest BCUT2D eigenvalue weighted by Crippen LogP contribution is -2.00. The summed E-state index contributed by atoms with van der Waals surface area (Å²) in [5, 5.41) is 9.01. The molecule has 0 amide bonds. The van der Waals surface area contributed by atoms with E-state index in [1.165, 1.54) is 0 Å².